The molecule has 0 nitrogen and oxygen atoms in total. The summed E-state index contributed by atoms with van der Waals surface area (Å²) >= 11 is 0. The van der Waals surface area contributed by atoms with Gasteiger partial charge in [-0.3, -0.25) is 0 Å². The highest BCUT2D eigenvalue weighted by molar-refractivity contribution is 5.60. The van der Waals surface area contributed by atoms with Gasteiger partial charge in [-0.05, 0) is 66.0 Å². The summed E-state index contributed by atoms with van der Waals surface area (Å²) in [4.78, 5) is 0. The van der Waals surface area contributed by atoms with E-state index in [9.17, 15) is 0 Å². The van der Waals surface area contributed by atoms with Crippen LogP contribution in [0.25, 0.3) is 0 Å². The van der Waals surface area contributed by atoms with Gasteiger partial charge in [0.25, 0.3) is 0 Å². The van der Waals surface area contributed by atoms with Gasteiger partial charge in [0, 0.05) is 5.41 Å². The Labute approximate surface area is 219 Å². The van der Waals surface area contributed by atoms with Gasteiger partial charge in [0.2, 0.25) is 0 Å². The zero-order chi connectivity index (χ0) is 27.6. The molecular formula is C35H56. The van der Waals surface area contributed by atoms with Gasteiger partial charge in [0.15, 0.2) is 0 Å². The fourth-order valence-corrected chi connectivity index (χ4v) is 5.58. The van der Waals surface area contributed by atoms with Gasteiger partial charge in [-0.1, -0.05) is 148 Å². The topological polar surface area (TPSA) is 0 Å². The summed E-state index contributed by atoms with van der Waals surface area (Å²) in [6, 6.07) is 12.1. The first-order chi connectivity index (χ1) is 15.3. The molecule has 0 unspecified atom stereocenters. The molecule has 196 valence electrons. The van der Waals surface area contributed by atoms with Gasteiger partial charge in [-0.15, -0.1) is 0 Å². The Morgan fingerprint density at radius 2 is 0.657 bits per heavy atom. The van der Waals surface area contributed by atoms with E-state index in [1.165, 1.54) is 33.4 Å². The summed E-state index contributed by atoms with van der Waals surface area (Å²) < 4.78 is 0. The summed E-state index contributed by atoms with van der Waals surface area (Å²) in [5.41, 5.74) is 10.6. The van der Waals surface area contributed by atoms with Crippen molar-refractivity contribution in [2.75, 3.05) is 0 Å². The molecule has 2 rings (SSSR count). The molecule has 0 bridgehead atoms. The van der Waals surface area contributed by atoms with Crippen molar-refractivity contribution in [2.24, 2.45) is 0 Å². The molecular weight excluding hydrogens is 420 g/mol. The second-order valence-corrected chi connectivity index (χ2v) is 16.5. The lowest BCUT2D eigenvalue weighted by Crippen LogP contribution is -2.36. The van der Waals surface area contributed by atoms with Crippen LogP contribution in [-0.2, 0) is 32.5 Å². The molecule has 0 saturated carbocycles. The maximum atomic E-state index is 2.57. The quantitative estimate of drug-likeness (QED) is 0.404. The molecule has 0 saturated heterocycles. The number of rotatable bonds is 2. The van der Waals surface area contributed by atoms with Crippen molar-refractivity contribution in [3.8, 4) is 0 Å². The third-order valence-electron chi connectivity index (χ3n) is 7.54. The van der Waals surface area contributed by atoms with Crippen LogP contribution in [0.2, 0.25) is 0 Å². The minimum atomic E-state index is -0.136. The first-order valence-electron chi connectivity index (χ1n) is 13.6. The normalized spacial score (nSPS) is 14.4. The minimum absolute atomic E-state index is 0.0248. The number of benzene rings is 2. The molecule has 0 heteroatoms. The molecule has 2 aromatic rings. The van der Waals surface area contributed by atoms with Crippen LogP contribution in [0.15, 0.2) is 30.3 Å². The zero-order valence-corrected chi connectivity index (χ0v) is 26.4. The van der Waals surface area contributed by atoms with Crippen molar-refractivity contribution in [3.05, 3.63) is 69.3 Å². The van der Waals surface area contributed by atoms with Gasteiger partial charge in [-0.25, -0.2) is 0 Å². The second-order valence-electron chi connectivity index (χ2n) is 16.5. The fraction of sp³-hybridized carbons (Fsp3) is 0.657. The molecule has 0 aliphatic rings. The Hall–Kier alpha value is -1.56. The van der Waals surface area contributed by atoms with E-state index in [1.54, 1.807) is 5.56 Å². The monoisotopic (exact) mass is 476 g/mol. The van der Waals surface area contributed by atoms with Crippen molar-refractivity contribution in [2.45, 2.75) is 150 Å². The molecule has 0 fully saturated rings. The van der Waals surface area contributed by atoms with Crippen molar-refractivity contribution in [3.63, 3.8) is 0 Å². The van der Waals surface area contributed by atoms with E-state index in [2.05, 4.69) is 148 Å². The van der Waals surface area contributed by atoms with Gasteiger partial charge in [0.1, 0.15) is 0 Å². The molecule has 0 atom stereocenters. The average Bonchev–Trinajstić information content (AvgIpc) is 2.62. The minimum Gasteiger partial charge on any atom is -0.0582 e. The van der Waals surface area contributed by atoms with Gasteiger partial charge in [0.05, 0.1) is 0 Å². The Balaban J connectivity index is 3.19. The first kappa shape index (κ1) is 29.7. The lowest BCUT2D eigenvalue weighted by atomic mass is 9.59. The zero-order valence-electron chi connectivity index (χ0n) is 26.4. The van der Waals surface area contributed by atoms with Crippen LogP contribution in [0.1, 0.15) is 157 Å². The predicted molar refractivity (Wildman–Crippen MR) is 159 cm³/mol. The highest BCUT2D eigenvalue weighted by Gasteiger charge is 2.41. The summed E-state index contributed by atoms with van der Waals surface area (Å²) in [6.45, 7) is 40.5. The van der Waals surface area contributed by atoms with Crippen molar-refractivity contribution >= 4 is 0 Å². The molecule has 0 aromatic heterocycles. The highest BCUT2D eigenvalue weighted by Crippen LogP contribution is 2.51. The maximum absolute atomic E-state index is 2.57. The SMILES string of the molecule is CC(C)(C)c1ccc(C(C)(C)c2c(C(C)(C)C)c(C(C)(C)C)cc(C(C)(C)C)c2C(C)(C)C)cc1. The third kappa shape index (κ3) is 6.06. The van der Waals surface area contributed by atoms with Crippen LogP contribution >= 0.6 is 0 Å². The van der Waals surface area contributed by atoms with Crippen LogP contribution in [0.4, 0.5) is 0 Å². The van der Waals surface area contributed by atoms with Crippen molar-refractivity contribution in [1.82, 2.24) is 0 Å². The highest BCUT2D eigenvalue weighted by atomic mass is 14.5. The molecule has 0 radical (unpaired) electrons. The van der Waals surface area contributed by atoms with Gasteiger partial charge >= 0.3 is 0 Å². The van der Waals surface area contributed by atoms with Crippen molar-refractivity contribution in [1.29, 1.82) is 0 Å². The molecule has 0 aliphatic heterocycles. The Bertz CT molecular complexity index is 988. The van der Waals surface area contributed by atoms with Gasteiger partial charge < -0.3 is 0 Å². The third-order valence-corrected chi connectivity index (χ3v) is 7.54. The summed E-state index contributed by atoms with van der Waals surface area (Å²) in [5, 5.41) is 0. The molecule has 0 aliphatic carbocycles. The molecule has 0 amide bonds. The van der Waals surface area contributed by atoms with Crippen LogP contribution < -0.4 is 0 Å². The predicted octanol–water partition coefficient (Wildman–Crippen LogP) is 10.5. The summed E-state index contributed by atoms with van der Waals surface area (Å²) in [7, 11) is 0. The first-order valence-corrected chi connectivity index (χ1v) is 13.6. The maximum Gasteiger partial charge on any atom is 0.0152 e. The lowest BCUT2D eigenvalue weighted by molar-refractivity contribution is 0.469. The Morgan fingerprint density at radius 1 is 0.343 bits per heavy atom. The van der Waals surface area contributed by atoms with Crippen LogP contribution in [0, 0.1) is 0 Å². The van der Waals surface area contributed by atoms with E-state index in [0.717, 1.165) is 0 Å². The van der Waals surface area contributed by atoms with Crippen LogP contribution in [0.5, 0.6) is 0 Å². The van der Waals surface area contributed by atoms with Crippen LogP contribution in [0.3, 0.4) is 0 Å². The molecule has 0 spiro atoms. The average molecular weight is 477 g/mol. The fourth-order valence-electron chi connectivity index (χ4n) is 5.58. The van der Waals surface area contributed by atoms with Gasteiger partial charge in [-0.2, -0.15) is 0 Å². The van der Waals surface area contributed by atoms with Crippen LogP contribution in [-0.4, -0.2) is 0 Å². The number of hydrogen-bond acceptors (Lipinski definition) is 0. The Kier molecular flexibility index (Phi) is 7.44. The van der Waals surface area contributed by atoms with E-state index >= 15 is 0 Å². The number of hydrogen-bond donors (Lipinski definition) is 0. The molecule has 0 N–H and O–H groups in total. The second kappa shape index (κ2) is 8.78. The molecule has 0 heterocycles. The summed E-state index contributed by atoms with van der Waals surface area (Å²) in [6.07, 6.45) is 0. The standard InChI is InChI=1S/C35H56/c1-30(2,3)23-18-20-24(21-19-23)35(16,17)29-27(33(10,11)12)25(31(4,5)6)22-26(32(7,8)9)28(29)34(13,14)15/h18-22H,1-17H3. The smallest absolute Gasteiger partial charge is 0.0152 e. The Morgan fingerprint density at radius 3 is 0.914 bits per heavy atom. The summed E-state index contributed by atoms with van der Waals surface area (Å²) in [5.74, 6) is 0. The molecule has 35 heavy (non-hydrogen) atoms. The van der Waals surface area contributed by atoms with Crippen molar-refractivity contribution < 1.29 is 0 Å². The van der Waals surface area contributed by atoms with E-state index in [0.29, 0.717) is 0 Å². The van der Waals surface area contributed by atoms with E-state index < -0.39 is 0 Å². The lowest BCUT2D eigenvalue weighted by Gasteiger charge is -2.45. The van der Waals surface area contributed by atoms with E-state index in [1.807, 2.05) is 0 Å². The molecule has 2 aromatic carbocycles. The van der Waals surface area contributed by atoms with E-state index in [4.69, 9.17) is 0 Å². The largest absolute Gasteiger partial charge is 0.0582 e. The van der Waals surface area contributed by atoms with E-state index in [-0.39, 0.29) is 32.5 Å².